The predicted molar refractivity (Wildman–Crippen MR) is 121 cm³/mol. The number of amides is 1. The third-order valence-corrected chi connectivity index (χ3v) is 5.92. The second kappa shape index (κ2) is 9.27. The number of ketones is 1. The van der Waals surface area contributed by atoms with Crippen molar-refractivity contribution in [1.82, 2.24) is 15.2 Å². The van der Waals surface area contributed by atoms with E-state index < -0.39 is 17.7 Å². The molecule has 9 heteroatoms. The van der Waals surface area contributed by atoms with Crippen LogP contribution in [-0.4, -0.2) is 38.6 Å². The Kier molecular flexibility index (Phi) is 6.27. The van der Waals surface area contributed by atoms with Gasteiger partial charge in [0, 0.05) is 18.0 Å². The van der Waals surface area contributed by atoms with Crippen LogP contribution in [0.15, 0.2) is 54.4 Å². The number of aryl methyl sites for hydroxylation is 1. The van der Waals surface area contributed by atoms with E-state index in [-0.39, 0.29) is 11.3 Å². The molecule has 1 N–H and O–H groups in total. The molecule has 2 aromatic heterocycles. The zero-order valence-corrected chi connectivity index (χ0v) is 18.5. The monoisotopic (exact) mass is 450 g/mol. The molecule has 1 atom stereocenters. The predicted octanol–water partition coefficient (Wildman–Crippen LogP) is 4.05. The molecule has 4 rings (SSSR count). The van der Waals surface area contributed by atoms with Gasteiger partial charge in [-0.25, -0.2) is 0 Å². The minimum atomic E-state index is -0.847. The Morgan fingerprint density at radius 1 is 1.12 bits per heavy atom. The number of hydrogen-bond donors (Lipinski definition) is 1. The lowest BCUT2D eigenvalue weighted by Crippen LogP contribution is -2.29. The number of hydrogen-bond acceptors (Lipinski definition) is 8. The normalized spacial score (nSPS) is 17.7. The molecule has 0 bridgehead atoms. The second-order valence-electron chi connectivity index (χ2n) is 7.28. The van der Waals surface area contributed by atoms with E-state index in [1.165, 1.54) is 28.6 Å². The summed E-state index contributed by atoms with van der Waals surface area (Å²) < 4.78 is 5.73. The number of carbonyl (C=O) groups is 2. The summed E-state index contributed by atoms with van der Waals surface area (Å²) in [6, 6.07) is 9.49. The number of aliphatic hydroxyl groups excluding tert-OH is 1. The molecule has 1 unspecified atom stereocenters. The van der Waals surface area contributed by atoms with Gasteiger partial charge in [-0.1, -0.05) is 36.8 Å². The fraction of sp³-hybridized carbons (Fsp3) is 0.261. The Hall–Kier alpha value is -3.59. The molecule has 1 fully saturated rings. The van der Waals surface area contributed by atoms with E-state index in [2.05, 4.69) is 22.1 Å². The van der Waals surface area contributed by atoms with Crippen molar-refractivity contribution < 1.29 is 19.4 Å². The van der Waals surface area contributed by atoms with Crippen LogP contribution in [-0.2, 0) is 9.59 Å². The number of rotatable bonds is 7. The molecule has 1 saturated heterocycles. The molecular weight excluding hydrogens is 428 g/mol. The van der Waals surface area contributed by atoms with Crippen molar-refractivity contribution in [2.75, 3.05) is 11.5 Å². The van der Waals surface area contributed by atoms with Gasteiger partial charge in [0.05, 0.1) is 18.2 Å². The van der Waals surface area contributed by atoms with E-state index in [1.807, 2.05) is 0 Å². The third kappa shape index (κ3) is 4.11. The summed E-state index contributed by atoms with van der Waals surface area (Å²) >= 11 is 1.21. The summed E-state index contributed by atoms with van der Waals surface area (Å²) in [6.07, 6.45) is 5.00. The smallest absolute Gasteiger partial charge is 0.301 e. The van der Waals surface area contributed by atoms with E-state index >= 15 is 0 Å². The quantitative estimate of drug-likeness (QED) is 0.251. The first-order chi connectivity index (χ1) is 15.5. The Morgan fingerprint density at radius 3 is 2.47 bits per heavy atom. The highest BCUT2D eigenvalue weighted by molar-refractivity contribution is 7.15. The van der Waals surface area contributed by atoms with Crippen LogP contribution >= 0.6 is 11.3 Å². The number of anilines is 1. The van der Waals surface area contributed by atoms with Crippen molar-refractivity contribution in [3.8, 4) is 5.75 Å². The minimum absolute atomic E-state index is 0.00583. The fourth-order valence-electron chi connectivity index (χ4n) is 3.47. The molecular formula is C23H22N4O4S. The lowest BCUT2D eigenvalue weighted by atomic mass is 9.95. The number of nitrogens with zero attached hydrogens (tertiary/aromatic N) is 4. The van der Waals surface area contributed by atoms with Crippen molar-refractivity contribution >= 4 is 33.9 Å². The van der Waals surface area contributed by atoms with Gasteiger partial charge in [-0.2, -0.15) is 0 Å². The number of benzene rings is 1. The number of Topliss-reactive ketones (excluding diaryl/α,β-unsaturated/α-hetero) is 1. The van der Waals surface area contributed by atoms with Crippen LogP contribution in [0.2, 0.25) is 0 Å². The number of unbranched alkanes of at least 4 members (excludes halogenated alkanes) is 1. The van der Waals surface area contributed by atoms with Gasteiger partial charge < -0.3 is 9.84 Å². The summed E-state index contributed by atoms with van der Waals surface area (Å²) in [5, 5.41) is 20.0. The van der Waals surface area contributed by atoms with Crippen molar-refractivity contribution in [2.45, 2.75) is 32.7 Å². The molecule has 3 heterocycles. The first kappa shape index (κ1) is 21.6. The molecule has 32 heavy (non-hydrogen) atoms. The summed E-state index contributed by atoms with van der Waals surface area (Å²) in [5.74, 6) is -1.10. The highest BCUT2D eigenvalue weighted by atomic mass is 32.1. The molecule has 1 aliphatic heterocycles. The zero-order valence-electron chi connectivity index (χ0n) is 17.7. The average Bonchev–Trinajstić information content (AvgIpc) is 3.35. The Labute approximate surface area is 189 Å². The highest BCUT2D eigenvalue weighted by Crippen LogP contribution is 2.43. The molecule has 8 nitrogen and oxygen atoms in total. The molecule has 3 aromatic rings. The van der Waals surface area contributed by atoms with Crippen LogP contribution in [0, 0.1) is 6.92 Å². The maximum atomic E-state index is 13.0. The van der Waals surface area contributed by atoms with Crippen molar-refractivity contribution in [3.05, 3.63) is 70.5 Å². The second-order valence-corrected chi connectivity index (χ2v) is 8.44. The SMILES string of the molecule is CCCCOc1ccc(C2/C(=C(\O)c3ccncc3)C(=O)C(=O)N2c2nnc(C)s2)cc1. The van der Waals surface area contributed by atoms with E-state index in [9.17, 15) is 14.7 Å². The maximum Gasteiger partial charge on any atom is 0.301 e. The largest absolute Gasteiger partial charge is 0.507 e. The molecule has 1 amide bonds. The number of pyridine rings is 1. The lowest BCUT2D eigenvalue weighted by molar-refractivity contribution is -0.132. The van der Waals surface area contributed by atoms with Gasteiger partial charge in [0.2, 0.25) is 5.13 Å². The van der Waals surface area contributed by atoms with Gasteiger partial charge in [0.25, 0.3) is 5.78 Å². The molecule has 1 aromatic carbocycles. The van der Waals surface area contributed by atoms with Crippen LogP contribution in [0.3, 0.4) is 0 Å². The lowest BCUT2D eigenvalue weighted by Gasteiger charge is -2.22. The van der Waals surface area contributed by atoms with E-state index in [0.717, 1.165) is 12.8 Å². The first-order valence-electron chi connectivity index (χ1n) is 10.3. The fourth-order valence-corrected chi connectivity index (χ4v) is 4.19. The summed E-state index contributed by atoms with van der Waals surface area (Å²) in [6.45, 7) is 4.47. The standard InChI is InChI=1S/C23H22N4O4S/c1-3-4-13-31-17-7-5-15(6-8-17)19-18(20(28)16-9-11-24-12-10-16)21(29)22(30)27(19)23-26-25-14(2)32-23/h5-12,19,28H,3-4,13H2,1-2H3/b20-18+. The van der Waals surface area contributed by atoms with E-state index in [4.69, 9.17) is 4.74 Å². The van der Waals surface area contributed by atoms with Gasteiger partial charge in [0.1, 0.15) is 16.5 Å². The van der Waals surface area contributed by atoms with E-state index in [1.54, 1.807) is 43.3 Å². The Balaban J connectivity index is 1.80. The summed E-state index contributed by atoms with van der Waals surface area (Å²) in [7, 11) is 0. The first-order valence-corrected chi connectivity index (χ1v) is 11.1. The minimum Gasteiger partial charge on any atom is -0.507 e. The van der Waals surface area contributed by atoms with Crippen LogP contribution in [0.4, 0.5) is 5.13 Å². The molecule has 0 aliphatic carbocycles. The van der Waals surface area contributed by atoms with Crippen molar-refractivity contribution in [2.24, 2.45) is 0 Å². The number of ether oxygens (including phenoxy) is 1. The number of carbonyl (C=O) groups excluding carboxylic acids is 2. The topological polar surface area (TPSA) is 106 Å². The van der Waals surface area contributed by atoms with Crippen LogP contribution < -0.4 is 9.64 Å². The average molecular weight is 451 g/mol. The van der Waals surface area contributed by atoms with Gasteiger partial charge >= 0.3 is 5.91 Å². The molecule has 164 valence electrons. The van der Waals surface area contributed by atoms with Gasteiger partial charge in [0.15, 0.2) is 0 Å². The van der Waals surface area contributed by atoms with Gasteiger partial charge in [-0.3, -0.25) is 19.5 Å². The van der Waals surface area contributed by atoms with Crippen LogP contribution in [0.1, 0.15) is 41.9 Å². The van der Waals surface area contributed by atoms with E-state index in [0.29, 0.717) is 33.6 Å². The summed E-state index contributed by atoms with van der Waals surface area (Å²) in [4.78, 5) is 31.3. The van der Waals surface area contributed by atoms with Crippen molar-refractivity contribution in [1.29, 1.82) is 0 Å². The van der Waals surface area contributed by atoms with Crippen LogP contribution in [0.5, 0.6) is 5.75 Å². The van der Waals surface area contributed by atoms with Gasteiger partial charge in [-0.05, 0) is 43.2 Å². The number of aromatic nitrogens is 3. The highest BCUT2D eigenvalue weighted by Gasteiger charge is 2.48. The van der Waals surface area contributed by atoms with Crippen molar-refractivity contribution in [3.63, 3.8) is 0 Å². The Bertz CT molecular complexity index is 1160. The third-order valence-electron chi connectivity index (χ3n) is 5.08. The summed E-state index contributed by atoms with van der Waals surface area (Å²) in [5.41, 5.74) is 1.04. The van der Waals surface area contributed by atoms with Crippen LogP contribution in [0.25, 0.3) is 5.76 Å². The number of aliphatic hydroxyl groups is 1. The zero-order chi connectivity index (χ0) is 22.7. The molecule has 0 saturated carbocycles. The maximum absolute atomic E-state index is 13.0. The molecule has 0 spiro atoms. The molecule has 0 radical (unpaired) electrons. The molecule has 1 aliphatic rings. The van der Waals surface area contributed by atoms with Gasteiger partial charge in [-0.15, -0.1) is 10.2 Å². The Morgan fingerprint density at radius 2 is 1.84 bits per heavy atom.